The van der Waals surface area contributed by atoms with Gasteiger partial charge in [-0.2, -0.15) is 10.2 Å². The first kappa shape index (κ1) is 16.6. The molecule has 1 amide bonds. The van der Waals surface area contributed by atoms with Crippen molar-refractivity contribution in [2.75, 3.05) is 11.9 Å². The second kappa shape index (κ2) is 6.72. The Morgan fingerprint density at radius 3 is 2.88 bits per heavy atom. The number of anilines is 1. The van der Waals surface area contributed by atoms with Gasteiger partial charge in [0.2, 0.25) is 5.91 Å². The summed E-state index contributed by atoms with van der Waals surface area (Å²) in [6.07, 6.45) is 5.44. The summed E-state index contributed by atoms with van der Waals surface area (Å²) in [7, 11) is 1.88. The molecule has 8 nitrogen and oxygen atoms in total. The van der Waals surface area contributed by atoms with Crippen LogP contribution in [0, 0.1) is 13.8 Å². The number of aromatic nitrogens is 5. The molecule has 0 radical (unpaired) electrons. The van der Waals surface area contributed by atoms with E-state index in [1.54, 1.807) is 17.3 Å². The van der Waals surface area contributed by atoms with Crippen molar-refractivity contribution in [3.05, 3.63) is 24.0 Å². The minimum atomic E-state index is -0.194. The average Bonchev–Trinajstić information content (AvgIpc) is 3.26. The largest absolute Gasteiger partial charge is 0.322 e. The normalized spacial score (nSPS) is 19.6. The van der Waals surface area contributed by atoms with Crippen LogP contribution in [0.25, 0.3) is 0 Å². The number of carbonyl (C=O) groups excluding carboxylic acids is 1. The summed E-state index contributed by atoms with van der Waals surface area (Å²) in [6, 6.07) is 0.114. The van der Waals surface area contributed by atoms with E-state index in [-0.39, 0.29) is 11.9 Å². The Morgan fingerprint density at radius 1 is 1.46 bits per heavy atom. The number of aryl methyl sites for hydroxylation is 2. The van der Waals surface area contributed by atoms with Crippen molar-refractivity contribution in [2.45, 2.75) is 52.2 Å². The van der Waals surface area contributed by atoms with Gasteiger partial charge in [0.1, 0.15) is 12.7 Å². The Labute approximate surface area is 141 Å². The molecule has 3 heterocycles. The second-order valence-corrected chi connectivity index (χ2v) is 6.49. The highest BCUT2D eigenvalue weighted by Gasteiger charge is 2.32. The number of nitrogens with zero attached hydrogens (tertiary/aromatic N) is 6. The number of nitrogens with one attached hydrogen (secondary N) is 1. The topological polar surface area (TPSA) is 80.9 Å². The van der Waals surface area contributed by atoms with Crippen LogP contribution in [-0.2, 0) is 18.4 Å². The molecule has 2 aromatic rings. The van der Waals surface area contributed by atoms with Crippen molar-refractivity contribution in [3.63, 3.8) is 0 Å². The van der Waals surface area contributed by atoms with Gasteiger partial charge in [-0.15, -0.1) is 0 Å². The van der Waals surface area contributed by atoms with Crippen LogP contribution >= 0.6 is 0 Å². The van der Waals surface area contributed by atoms with E-state index in [0.717, 1.165) is 43.0 Å². The third-order valence-corrected chi connectivity index (χ3v) is 4.92. The summed E-state index contributed by atoms with van der Waals surface area (Å²) in [6.45, 7) is 7.54. The van der Waals surface area contributed by atoms with Gasteiger partial charge in [0.05, 0.1) is 29.7 Å². The first-order valence-electron chi connectivity index (χ1n) is 8.36. The molecule has 0 aliphatic carbocycles. The lowest BCUT2D eigenvalue weighted by Crippen LogP contribution is -2.46. The predicted octanol–water partition coefficient (Wildman–Crippen LogP) is 1.12. The van der Waals surface area contributed by atoms with Gasteiger partial charge < -0.3 is 5.32 Å². The lowest BCUT2D eigenvalue weighted by Gasteiger charge is -2.29. The Kier molecular flexibility index (Phi) is 4.66. The van der Waals surface area contributed by atoms with E-state index >= 15 is 0 Å². The van der Waals surface area contributed by atoms with Crippen molar-refractivity contribution in [3.8, 4) is 0 Å². The minimum Gasteiger partial charge on any atom is -0.322 e. The maximum Gasteiger partial charge on any atom is 0.241 e. The quantitative estimate of drug-likeness (QED) is 0.888. The fraction of sp³-hybridized carbons (Fsp3) is 0.625. The van der Waals surface area contributed by atoms with Crippen LogP contribution in [0.3, 0.4) is 0 Å². The van der Waals surface area contributed by atoms with Crippen molar-refractivity contribution in [1.82, 2.24) is 29.4 Å². The molecule has 1 aliphatic rings. The molecule has 130 valence electrons. The number of amides is 1. The summed E-state index contributed by atoms with van der Waals surface area (Å²) in [5.74, 6) is 0.0136. The molecular weight excluding hydrogens is 306 g/mol. The third kappa shape index (κ3) is 3.19. The molecule has 0 spiro atoms. The van der Waals surface area contributed by atoms with Gasteiger partial charge in [-0.1, -0.05) is 0 Å². The van der Waals surface area contributed by atoms with Crippen LogP contribution < -0.4 is 5.32 Å². The maximum atomic E-state index is 12.7. The molecule has 2 aromatic heterocycles. The lowest BCUT2D eigenvalue weighted by atomic mass is 10.2. The molecule has 1 aliphatic heterocycles. The number of carbonyl (C=O) groups is 1. The molecule has 3 rings (SSSR count). The van der Waals surface area contributed by atoms with E-state index < -0.39 is 0 Å². The summed E-state index contributed by atoms with van der Waals surface area (Å²) in [4.78, 5) is 19.0. The predicted molar refractivity (Wildman–Crippen MR) is 90.5 cm³/mol. The molecule has 24 heavy (non-hydrogen) atoms. The van der Waals surface area contributed by atoms with Gasteiger partial charge in [0.15, 0.2) is 0 Å². The summed E-state index contributed by atoms with van der Waals surface area (Å²) >= 11 is 0. The SMILES string of the molecule is Cc1nn(C)c(C)c1NC(=O)[C@H](C)N1CCC[C@H]1Cn1cncn1. The Bertz CT molecular complexity index is 706. The van der Waals surface area contributed by atoms with E-state index in [4.69, 9.17) is 0 Å². The number of hydrogen-bond donors (Lipinski definition) is 1. The van der Waals surface area contributed by atoms with Crippen LogP contribution in [0.2, 0.25) is 0 Å². The molecule has 1 N–H and O–H groups in total. The molecule has 0 saturated carbocycles. The highest BCUT2D eigenvalue weighted by Crippen LogP contribution is 2.23. The average molecular weight is 331 g/mol. The van der Waals surface area contributed by atoms with E-state index in [9.17, 15) is 4.79 Å². The van der Waals surface area contributed by atoms with Crippen molar-refractivity contribution >= 4 is 11.6 Å². The fourth-order valence-electron chi connectivity index (χ4n) is 3.44. The smallest absolute Gasteiger partial charge is 0.241 e. The third-order valence-electron chi connectivity index (χ3n) is 4.92. The molecular formula is C16H25N7O. The van der Waals surface area contributed by atoms with E-state index in [1.807, 2.05) is 32.5 Å². The van der Waals surface area contributed by atoms with Crippen molar-refractivity contribution in [2.24, 2.45) is 7.05 Å². The number of rotatable bonds is 5. The monoisotopic (exact) mass is 331 g/mol. The van der Waals surface area contributed by atoms with Crippen LogP contribution in [0.5, 0.6) is 0 Å². The van der Waals surface area contributed by atoms with Gasteiger partial charge in [0.25, 0.3) is 0 Å². The van der Waals surface area contributed by atoms with Crippen LogP contribution in [0.4, 0.5) is 5.69 Å². The van der Waals surface area contributed by atoms with Crippen LogP contribution in [-0.4, -0.2) is 54.0 Å². The molecule has 8 heteroatoms. The minimum absolute atomic E-state index is 0.0136. The first-order chi connectivity index (χ1) is 11.5. The molecule has 2 atom stereocenters. The highest BCUT2D eigenvalue weighted by atomic mass is 16.2. The van der Waals surface area contributed by atoms with E-state index in [1.165, 1.54) is 0 Å². The molecule has 0 aromatic carbocycles. The van der Waals surface area contributed by atoms with Gasteiger partial charge >= 0.3 is 0 Å². The van der Waals surface area contributed by atoms with Crippen molar-refractivity contribution < 1.29 is 4.79 Å². The molecule has 0 unspecified atom stereocenters. The summed E-state index contributed by atoms with van der Waals surface area (Å²) in [5.41, 5.74) is 2.63. The van der Waals surface area contributed by atoms with Gasteiger partial charge in [-0.3, -0.25) is 19.1 Å². The Hall–Kier alpha value is -2.22. The number of hydrogen-bond acceptors (Lipinski definition) is 5. The Balaban J connectivity index is 1.68. The lowest BCUT2D eigenvalue weighted by molar-refractivity contribution is -0.121. The van der Waals surface area contributed by atoms with Gasteiger partial charge in [-0.25, -0.2) is 4.98 Å². The highest BCUT2D eigenvalue weighted by molar-refractivity contribution is 5.95. The zero-order valence-corrected chi connectivity index (χ0v) is 14.7. The fourth-order valence-corrected chi connectivity index (χ4v) is 3.44. The standard InChI is InChI=1S/C16H25N7O/c1-11-15(12(2)21(4)20-11)19-16(24)13(3)23-7-5-6-14(23)8-22-10-17-9-18-22/h9-10,13-14H,5-8H2,1-4H3,(H,19,24)/t13-,14-/m0/s1. The first-order valence-corrected chi connectivity index (χ1v) is 8.36. The van der Waals surface area contributed by atoms with Gasteiger partial charge in [0, 0.05) is 13.1 Å². The molecule has 0 bridgehead atoms. The number of likely N-dealkylation sites (tertiary alicyclic amines) is 1. The van der Waals surface area contributed by atoms with E-state index in [2.05, 4.69) is 25.4 Å². The second-order valence-electron chi connectivity index (χ2n) is 6.49. The zero-order valence-electron chi connectivity index (χ0n) is 14.7. The zero-order chi connectivity index (χ0) is 17.3. The molecule has 1 saturated heterocycles. The van der Waals surface area contributed by atoms with Crippen molar-refractivity contribution in [1.29, 1.82) is 0 Å². The van der Waals surface area contributed by atoms with Crippen LogP contribution in [0.15, 0.2) is 12.7 Å². The van der Waals surface area contributed by atoms with E-state index in [0.29, 0.717) is 6.04 Å². The van der Waals surface area contributed by atoms with Crippen LogP contribution in [0.1, 0.15) is 31.2 Å². The maximum absolute atomic E-state index is 12.7. The molecule has 1 fully saturated rings. The summed E-state index contributed by atoms with van der Waals surface area (Å²) in [5, 5.41) is 11.6. The summed E-state index contributed by atoms with van der Waals surface area (Å²) < 4.78 is 3.63. The van der Waals surface area contributed by atoms with Gasteiger partial charge in [-0.05, 0) is 40.2 Å². The Morgan fingerprint density at radius 2 is 2.25 bits per heavy atom.